The van der Waals surface area contributed by atoms with Gasteiger partial charge < -0.3 is 15.3 Å². The van der Waals surface area contributed by atoms with Crippen molar-refractivity contribution in [2.24, 2.45) is 0 Å². The Labute approximate surface area is 262 Å². The van der Waals surface area contributed by atoms with Crippen LogP contribution in [0.5, 0.6) is 0 Å². The van der Waals surface area contributed by atoms with Gasteiger partial charge >= 0.3 is 0 Å². The molecule has 0 bridgehead atoms. The smallest absolute Gasteiger partial charge is 0.198 e. The van der Waals surface area contributed by atoms with Crippen molar-refractivity contribution in [1.29, 1.82) is 0 Å². The number of carbonyl (C=O) groups is 6. The fourth-order valence-electron chi connectivity index (χ4n) is 2.83. The average molecular weight is 693 g/mol. The van der Waals surface area contributed by atoms with Gasteiger partial charge in [0.15, 0.2) is 53.0 Å². The molecule has 3 aromatic rings. The molecule has 0 saturated carbocycles. The SMILES string of the molecule is CC(=O)C(O)C(=O)c1ccccc1.CC(=O)C(O)C(=O)c1ccccc1.CC(=O)C(O)C(=O)c1ccccc1.[Tb]. The largest absolute Gasteiger partial charge is 0.377 e. The minimum atomic E-state index is -1.53. The Hall–Kier alpha value is -3.15. The third-order valence-corrected chi connectivity index (χ3v) is 5.08. The number of rotatable bonds is 9. The standard InChI is InChI=1S/3C10H10O3.Tb/c3*1-7(11)9(12)10(13)8-5-3-2-4-6-8;/h3*2-6,9,12H,1H3;. The van der Waals surface area contributed by atoms with E-state index in [9.17, 15) is 28.8 Å². The summed E-state index contributed by atoms with van der Waals surface area (Å²) >= 11 is 0. The first-order chi connectivity index (χ1) is 18.4. The Bertz CT molecular complexity index is 1120. The zero-order valence-electron chi connectivity index (χ0n) is 22.0. The first kappa shape index (κ1) is 36.8. The zero-order chi connectivity index (χ0) is 29.5. The summed E-state index contributed by atoms with van der Waals surface area (Å²) in [6.45, 7) is 3.56. The van der Waals surface area contributed by atoms with Gasteiger partial charge in [-0.25, -0.2) is 0 Å². The van der Waals surface area contributed by atoms with Crippen molar-refractivity contribution in [2.45, 2.75) is 39.1 Å². The predicted octanol–water partition coefficient (Wildman–Crippen LogP) is 2.46. The van der Waals surface area contributed by atoms with Gasteiger partial charge in [-0.3, -0.25) is 28.8 Å². The number of ketones is 6. The van der Waals surface area contributed by atoms with Crippen LogP contribution in [-0.2, 0) is 14.4 Å². The van der Waals surface area contributed by atoms with Crippen molar-refractivity contribution in [1.82, 2.24) is 0 Å². The van der Waals surface area contributed by atoms with E-state index in [1.807, 2.05) is 0 Å². The van der Waals surface area contributed by atoms with Crippen LogP contribution >= 0.6 is 0 Å². The van der Waals surface area contributed by atoms with E-state index < -0.39 is 53.0 Å². The van der Waals surface area contributed by atoms with E-state index in [2.05, 4.69) is 0 Å². The van der Waals surface area contributed by atoms with Crippen molar-refractivity contribution in [2.75, 3.05) is 0 Å². The Morgan fingerprint density at radius 2 is 0.600 bits per heavy atom. The van der Waals surface area contributed by atoms with Gasteiger partial charge in [-0.15, -0.1) is 0 Å². The van der Waals surface area contributed by atoms with E-state index in [0.29, 0.717) is 16.7 Å². The van der Waals surface area contributed by atoms with Crippen LogP contribution in [0.3, 0.4) is 0 Å². The number of aliphatic hydroxyl groups excluding tert-OH is 3. The van der Waals surface area contributed by atoms with E-state index in [4.69, 9.17) is 15.3 Å². The number of hydrogen-bond acceptors (Lipinski definition) is 9. The molecule has 3 aromatic carbocycles. The van der Waals surface area contributed by atoms with Crippen molar-refractivity contribution >= 4 is 34.7 Å². The minimum absolute atomic E-state index is 0. The van der Waals surface area contributed by atoms with E-state index in [-0.39, 0.29) is 38.6 Å². The molecule has 10 heteroatoms. The Morgan fingerprint density at radius 3 is 0.750 bits per heavy atom. The van der Waals surface area contributed by atoms with Gasteiger partial charge in [0.1, 0.15) is 0 Å². The molecule has 0 fully saturated rings. The van der Waals surface area contributed by atoms with Crippen LogP contribution in [0.2, 0.25) is 0 Å². The van der Waals surface area contributed by atoms with Crippen LogP contribution in [0.15, 0.2) is 91.0 Å². The Kier molecular flexibility index (Phi) is 17.5. The molecular formula is C30H30O9Tb. The van der Waals surface area contributed by atoms with E-state index >= 15 is 0 Å². The van der Waals surface area contributed by atoms with Gasteiger partial charge in [-0.05, 0) is 20.8 Å². The summed E-state index contributed by atoms with van der Waals surface area (Å²) < 4.78 is 0. The van der Waals surface area contributed by atoms with Crippen molar-refractivity contribution < 1.29 is 82.7 Å². The fourth-order valence-corrected chi connectivity index (χ4v) is 2.83. The maximum atomic E-state index is 11.3. The number of hydrogen-bond donors (Lipinski definition) is 3. The molecule has 0 amide bonds. The second-order valence-electron chi connectivity index (χ2n) is 8.23. The molecule has 3 unspecified atom stereocenters. The molecule has 3 N–H and O–H groups in total. The molecule has 0 aliphatic rings. The Balaban J connectivity index is 0.000000563. The second-order valence-corrected chi connectivity index (χ2v) is 8.23. The monoisotopic (exact) mass is 693 g/mol. The third-order valence-electron chi connectivity index (χ3n) is 5.08. The number of aliphatic hydroxyl groups is 3. The first-order valence-corrected chi connectivity index (χ1v) is 11.7. The van der Waals surface area contributed by atoms with Gasteiger partial charge in [-0.2, -0.15) is 0 Å². The first-order valence-electron chi connectivity index (χ1n) is 11.7. The van der Waals surface area contributed by atoms with Crippen LogP contribution in [-0.4, -0.2) is 68.3 Å². The molecule has 40 heavy (non-hydrogen) atoms. The maximum absolute atomic E-state index is 11.3. The van der Waals surface area contributed by atoms with Crippen LogP contribution in [0.1, 0.15) is 51.8 Å². The quantitative estimate of drug-likeness (QED) is 0.226. The predicted molar refractivity (Wildman–Crippen MR) is 142 cm³/mol. The topological polar surface area (TPSA) is 163 Å². The van der Waals surface area contributed by atoms with Crippen molar-refractivity contribution in [3.63, 3.8) is 0 Å². The summed E-state index contributed by atoms with van der Waals surface area (Å²) in [4.78, 5) is 66.0. The van der Waals surface area contributed by atoms with Crippen molar-refractivity contribution in [3.8, 4) is 0 Å². The molecule has 0 saturated heterocycles. The molecule has 1 radical (unpaired) electrons. The molecule has 0 aliphatic carbocycles. The molecule has 0 heterocycles. The van der Waals surface area contributed by atoms with Crippen molar-refractivity contribution in [3.05, 3.63) is 108 Å². The molecule has 9 nitrogen and oxygen atoms in total. The summed E-state index contributed by atoms with van der Waals surface area (Å²) in [5, 5.41) is 27.4. The summed E-state index contributed by atoms with van der Waals surface area (Å²) in [6.07, 6.45) is -4.58. The fraction of sp³-hybridized carbons (Fsp3) is 0.200. The Morgan fingerprint density at radius 1 is 0.425 bits per heavy atom. The number of carbonyl (C=O) groups excluding carboxylic acids is 6. The van der Waals surface area contributed by atoms with Crippen LogP contribution in [0.25, 0.3) is 0 Å². The molecule has 213 valence electrons. The summed E-state index contributed by atoms with van der Waals surface area (Å²) in [5.74, 6) is -3.24. The number of benzene rings is 3. The normalized spacial score (nSPS) is 11.8. The average Bonchev–Trinajstić information content (AvgIpc) is 2.96. The van der Waals surface area contributed by atoms with E-state index in [0.717, 1.165) is 0 Å². The molecule has 3 rings (SSSR count). The van der Waals surface area contributed by atoms with Gasteiger partial charge in [0.2, 0.25) is 0 Å². The molecule has 0 aromatic heterocycles. The van der Waals surface area contributed by atoms with Gasteiger partial charge in [0, 0.05) is 55.3 Å². The van der Waals surface area contributed by atoms with Crippen LogP contribution in [0, 0.1) is 38.6 Å². The molecule has 0 spiro atoms. The molecular weight excluding hydrogens is 663 g/mol. The van der Waals surface area contributed by atoms with E-state index in [1.165, 1.54) is 20.8 Å². The van der Waals surface area contributed by atoms with Gasteiger partial charge in [-0.1, -0.05) is 91.0 Å². The third kappa shape index (κ3) is 12.4. The van der Waals surface area contributed by atoms with Gasteiger partial charge in [0.25, 0.3) is 0 Å². The van der Waals surface area contributed by atoms with Crippen LogP contribution < -0.4 is 0 Å². The van der Waals surface area contributed by atoms with Crippen LogP contribution in [0.4, 0.5) is 0 Å². The molecule has 0 aliphatic heterocycles. The number of Topliss-reactive ketones (excluding diaryl/α,β-unsaturated/α-hetero) is 6. The van der Waals surface area contributed by atoms with Gasteiger partial charge in [0.05, 0.1) is 0 Å². The van der Waals surface area contributed by atoms with E-state index in [1.54, 1.807) is 91.0 Å². The summed E-state index contributed by atoms with van der Waals surface area (Å²) in [7, 11) is 0. The molecule has 3 atom stereocenters. The summed E-state index contributed by atoms with van der Waals surface area (Å²) in [6, 6.07) is 24.8. The minimum Gasteiger partial charge on any atom is -0.377 e. The zero-order valence-corrected chi connectivity index (χ0v) is 24.2. The summed E-state index contributed by atoms with van der Waals surface area (Å²) in [5.41, 5.74) is 1.06. The maximum Gasteiger partial charge on any atom is 0.198 e. The second kappa shape index (κ2) is 19.0.